The number of carbonyl (C=O) groups excluding carboxylic acids is 1. The van der Waals surface area contributed by atoms with Gasteiger partial charge in [-0.05, 0) is 7.05 Å². The summed E-state index contributed by atoms with van der Waals surface area (Å²) < 4.78 is 0. The molecule has 0 fully saturated rings. The highest BCUT2D eigenvalue weighted by molar-refractivity contribution is 8.76. The van der Waals surface area contributed by atoms with Crippen molar-refractivity contribution >= 4 is 39.5 Å². The first-order valence-corrected chi connectivity index (χ1v) is 7.95. The first-order valence-electron chi connectivity index (χ1n) is 5.01. The predicted molar refractivity (Wildman–Crippen MR) is 77.2 cm³/mol. The van der Waals surface area contributed by atoms with Gasteiger partial charge in [-0.2, -0.15) is 0 Å². The highest BCUT2D eigenvalue weighted by Crippen LogP contribution is 2.19. The topological polar surface area (TPSA) is 32.3 Å². The van der Waals surface area contributed by atoms with Crippen LogP contribution in [0.1, 0.15) is 13.8 Å². The van der Waals surface area contributed by atoms with Crippen LogP contribution in [0.4, 0.5) is 4.79 Å². The Morgan fingerprint density at radius 1 is 1.33 bits per heavy atom. The molecular formula is C9H22N2OS3. The first-order chi connectivity index (χ1) is 7.18. The van der Waals surface area contributed by atoms with E-state index in [9.17, 15) is 4.79 Å². The summed E-state index contributed by atoms with van der Waals surface area (Å²) in [6.07, 6.45) is 0. The van der Waals surface area contributed by atoms with Crippen LogP contribution in [0, 0.1) is 0 Å². The van der Waals surface area contributed by atoms with Crippen LogP contribution in [-0.2, 0) is 0 Å². The molecule has 0 rings (SSSR count). The molecule has 0 unspecified atom stereocenters. The van der Waals surface area contributed by atoms with Crippen molar-refractivity contribution in [2.24, 2.45) is 0 Å². The van der Waals surface area contributed by atoms with E-state index in [0.717, 1.165) is 24.6 Å². The molecule has 0 aliphatic rings. The minimum absolute atomic E-state index is 0.166. The van der Waals surface area contributed by atoms with Crippen molar-refractivity contribution in [3.63, 3.8) is 0 Å². The summed E-state index contributed by atoms with van der Waals surface area (Å²) in [5, 5.41) is 2.91. The quantitative estimate of drug-likeness (QED) is 0.423. The molecule has 0 radical (unpaired) electrons. The van der Waals surface area contributed by atoms with Crippen LogP contribution in [0.2, 0.25) is 0 Å². The minimum atomic E-state index is -0.166. The highest BCUT2D eigenvalue weighted by atomic mass is 33.1. The minimum Gasteiger partial charge on any atom is -0.336 e. The molecule has 0 spiro atoms. The van der Waals surface area contributed by atoms with Gasteiger partial charge in [-0.15, -0.1) is 0 Å². The lowest BCUT2D eigenvalue weighted by molar-refractivity contribution is 0.236. The smallest absolute Gasteiger partial charge is 0.278 e. The van der Waals surface area contributed by atoms with E-state index < -0.39 is 0 Å². The average molecular weight is 270 g/mol. The summed E-state index contributed by atoms with van der Waals surface area (Å²) >= 11 is 3.71. The third kappa shape index (κ3) is 14.5. The Morgan fingerprint density at radius 3 is 2.33 bits per heavy atom. The van der Waals surface area contributed by atoms with Gasteiger partial charge in [0.15, 0.2) is 0 Å². The molecule has 15 heavy (non-hydrogen) atoms. The summed E-state index contributed by atoms with van der Waals surface area (Å²) in [6, 6.07) is 0. The molecule has 0 aliphatic heterocycles. The second-order valence-electron chi connectivity index (χ2n) is 2.45. The Hall–Kier alpha value is 0.480. The van der Waals surface area contributed by atoms with Crippen molar-refractivity contribution in [1.29, 1.82) is 0 Å². The zero-order valence-electron chi connectivity index (χ0n) is 9.95. The molecule has 92 valence electrons. The summed E-state index contributed by atoms with van der Waals surface area (Å²) in [5.74, 6) is 2.05. The number of nitrogens with zero attached hydrogens (tertiary/aromatic N) is 1. The van der Waals surface area contributed by atoms with Crippen LogP contribution in [0.3, 0.4) is 0 Å². The summed E-state index contributed by atoms with van der Waals surface area (Å²) in [7, 11) is 7.31. The molecule has 0 aromatic carbocycles. The van der Waals surface area contributed by atoms with Crippen molar-refractivity contribution < 1.29 is 4.79 Å². The Morgan fingerprint density at radius 2 is 1.87 bits per heavy atom. The van der Waals surface area contributed by atoms with Gasteiger partial charge in [0.25, 0.3) is 5.24 Å². The van der Waals surface area contributed by atoms with Gasteiger partial charge in [-0.1, -0.05) is 48.1 Å². The largest absolute Gasteiger partial charge is 0.336 e. The van der Waals surface area contributed by atoms with E-state index in [1.807, 2.05) is 31.7 Å². The van der Waals surface area contributed by atoms with Crippen molar-refractivity contribution in [3.05, 3.63) is 0 Å². The zero-order valence-corrected chi connectivity index (χ0v) is 12.5. The highest BCUT2D eigenvalue weighted by Gasteiger charge is 2.01. The molecule has 0 saturated carbocycles. The Bertz CT molecular complexity index is 147. The van der Waals surface area contributed by atoms with E-state index in [4.69, 9.17) is 0 Å². The van der Waals surface area contributed by atoms with Gasteiger partial charge in [0, 0.05) is 31.6 Å². The number of rotatable bonds is 7. The fourth-order valence-electron chi connectivity index (χ4n) is 0.531. The maximum absolute atomic E-state index is 10.7. The summed E-state index contributed by atoms with van der Waals surface area (Å²) in [6.45, 7) is 5.79. The second-order valence-corrected chi connectivity index (χ2v) is 5.54. The maximum atomic E-state index is 10.7. The van der Waals surface area contributed by atoms with Crippen LogP contribution in [0.5, 0.6) is 0 Å². The van der Waals surface area contributed by atoms with E-state index >= 15 is 0 Å². The van der Waals surface area contributed by atoms with Crippen molar-refractivity contribution in [2.75, 3.05) is 38.7 Å². The molecule has 1 N–H and O–H groups in total. The molecule has 6 heteroatoms. The maximum Gasteiger partial charge on any atom is 0.278 e. The van der Waals surface area contributed by atoms with Crippen LogP contribution >= 0.6 is 34.2 Å². The van der Waals surface area contributed by atoms with Crippen molar-refractivity contribution in [1.82, 2.24) is 10.2 Å². The average Bonchev–Trinajstić information content (AvgIpc) is 2.25. The SMILES string of the molecule is CC.CNCCSSCCN(C)C(=O)S. The van der Waals surface area contributed by atoms with Gasteiger partial charge in [0.1, 0.15) is 0 Å². The second kappa shape index (κ2) is 14.5. The Labute approximate surface area is 107 Å². The van der Waals surface area contributed by atoms with Crippen LogP contribution in [0.15, 0.2) is 0 Å². The molecule has 0 aromatic heterocycles. The number of hydrogen-bond acceptors (Lipinski definition) is 4. The number of amides is 1. The van der Waals surface area contributed by atoms with E-state index in [1.54, 1.807) is 22.7 Å². The number of nitrogens with one attached hydrogen (secondary N) is 1. The van der Waals surface area contributed by atoms with Gasteiger partial charge < -0.3 is 10.2 Å². The van der Waals surface area contributed by atoms with Crippen molar-refractivity contribution in [2.45, 2.75) is 13.8 Å². The van der Waals surface area contributed by atoms with Crippen LogP contribution in [-0.4, -0.2) is 48.8 Å². The van der Waals surface area contributed by atoms with E-state index in [-0.39, 0.29) is 5.24 Å². The zero-order chi connectivity index (χ0) is 12.1. The lowest BCUT2D eigenvalue weighted by atomic mass is 10.7. The van der Waals surface area contributed by atoms with Gasteiger partial charge >= 0.3 is 0 Å². The van der Waals surface area contributed by atoms with E-state index in [2.05, 4.69) is 17.9 Å². The fourth-order valence-corrected chi connectivity index (χ4v) is 2.68. The lowest BCUT2D eigenvalue weighted by Gasteiger charge is -2.12. The third-order valence-corrected chi connectivity index (χ3v) is 4.08. The lowest BCUT2D eigenvalue weighted by Crippen LogP contribution is -2.23. The van der Waals surface area contributed by atoms with Gasteiger partial charge in [-0.25, -0.2) is 0 Å². The number of carbonyl (C=O) groups is 1. The standard InChI is InChI=1S/C7H16N2OS3.C2H6/c1-8-3-5-12-13-6-4-9(2)7(10)11;1-2/h8H,3-6H2,1-2H3,(H,10,11);1-2H3. The van der Waals surface area contributed by atoms with Crippen LogP contribution < -0.4 is 5.32 Å². The first kappa shape index (κ1) is 17.9. The van der Waals surface area contributed by atoms with Gasteiger partial charge in [0.05, 0.1) is 0 Å². The van der Waals surface area contributed by atoms with Crippen molar-refractivity contribution in [3.8, 4) is 0 Å². The Balaban J connectivity index is 0. The number of thiol groups is 1. The van der Waals surface area contributed by atoms with Gasteiger partial charge in [0.2, 0.25) is 0 Å². The normalized spacial score (nSPS) is 9.13. The fraction of sp³-hybridized carbons (Fsp3) is 0.889. The van der Waals surface area contributed by atoms with E-state index in [1.165, 1.54) is 0 Å². The Kier molecular flexibility index (Phi) is 17.2. The predicted octanol–water partition coefficient (Wildman–Crippen LogP) is 2.60. The molecule has 0 bridgehead atoms. The molecule has 1 amide bonds. The molecule has 0 heterocycles. The summed E-state index contributed by atoms with van der Waals surface area (Å²) in [4.78, 5) is 12.3. The molecule has 0 saturated heterocycles. The van der Waals surface area contributed by atoms with Gasteiger partial charge in [-0.3, -0.25) is 4.79 Å². The van der Waals surface area contributed by atoms with E-state index in [0.29, 0.717) is 0 Å². The summed E-state index contributed by atoms with van der Waals surface area (Å²) in [5.41, 5.74) is 0. The molecule has 0 aliphatic carbocycles. The third-order valence-electron chi connectivity index (χ3n) is 1.36. The van der Waals surface area contributed by atoms with Crippen LogP contribution in [0.25, 0.3) is 0 Å². The molecule has 0 atom stereocenters. The monoisotopic (exact) mass is 270 g/mol. The molecule has 3 nitrogen and oxygen atoms in total. The molecular weight excluding hydrogens is 248 g/mol. The number of hydrogen-bond donors (Lipinski definition) is 2. The molecule has 0 aromatic rings.